The topological polar surface area (TPSA) is 79.9 Å². The van der Waals surface area contributed by atoms with Crippen molar-refractivity contribution in [1.82, 2.24) is 29.5 Å². The largest absolute Gasteiger partial charge is 0.573 e. The van der Waals surface area contributed by atoms with Gasteiger partial charge >= 0.3 is 12.4 Å². The quantitative estimate of drug-likeness (QED) is 0.311. The summed E-state index contributed by atoms with van der Waals surface area (Å²) < 4.78 is 50.5. The lowest BCUT2D eigenvalue weighted by Crippen LogP contribution is -2.16. The van der Waals surface area contributed by atoms with Crippen LogP contribution < -0.4 is 9.47 Å². The molecule has 3 aromatic rings. The number of nitrogens with zero attached hydrogens (tertiary/aromatic N) is 6. The number of halogens is 6. The molecule has 0 radical (unpaired) electrons. The highest BCUT2D eigenvalue weighted by atomic mass is 79.9. The van der Waals surface area contributed by atoms with Gasteiger partial charge in [-0.05, 0) is 99.8 Å². The summed E-state index contributed by atoms with van der Waals surface area (Å²) in [7, 11) is 0. The summed E-state index contributed by atoms with van der Waals surface area (Å²) in [5.74, 6) is 0.00711. The van der Waals surface area contributed by atoms with Gasteiger partial charge in [-0.25, -0.2) is 9.36 Å². The van der Waals surface area contributed by atoms with Gasteiger partial charge in [0.15, 0.2) is 4.73 Å². The second-order valence-electron chi connectivity index (χ2n) is 6.51. The Labute approximate surface area is 201 Å². The van der Waals surface area contributed by atoms with Gasteiger partial charge in [0.2, 0.25) is 9.47 Å². The molecule has 0 amide bonds. The Morgan fingerprint density at radius 1 is 0.806 bits per heavy atom. The lowest BCUT2D eigenvalue weighted by atomic mass is 10.3. The second-order valence-corrected chi connectivity index (χ2v) is 8.64. The van der Waals surface area contributed by atoms with Crippen molar-refractivity contribution in [2.24, 2.45) is 0 Å². The van der Waals surface area contributed by atoms with E-state index < -0.39 is 6.36 Å². The third kappa shape index (κ3) is 8.07. The molecule has 0 bridgehead atoms. The van der Waals surface area contributed by atoms with E-state index in [1.54, 1.807) is 9.36 Å². The van der Waals surface area contributed by atoms with Crippen LogP contribution in [0.5, 0.6) is 17.5 Å². The van der Waals surface area contributed by atoms with Gasteiger partial charge in [-0.15, -0.1) is 23.4 Å². The predicted octanol–water partition coefficient (Wildman–Crippen LogP) is 6.70. The summed E-state index contributed by atoms with van der Waals surface area (Å²) in [5, 5.41) is 8.18. The molecular formula is C17H18Br3F3N6O2. The Morgan fingerprint density at radius 2 is 1.29 bits per heavy atom. The van der Waals surface area contributed by atoms with Gasteiger partial charge in [0.05, 0.1) is 6.04 Å². The highest BCUT2D eigenvalue weighted by Crippen LogP contribution is 2.28. The average molecular weight is 635 g/mol. The van der Waals surface area contributed by atoms with Gasteiger partial charge in [-0.3, -0.25) is 0 Å². The maximum Gasteiger partial charge on any atom is 0.573 e. The van der Waals surface area contributed by atoms with Crippen LogP contribution in [-0.4, -0.2) is 35.9 Å². The molecule has 0 spiro atoms. The molecule has 2 aromatic heterocycles. The molecule has 0 unspecified atom stereocenters. The number of hydrogen-bond acceptors (Lipinski definition) is 6. The first-order valence-corrected chi connectivity index (χ1v) is 11.2. The van der Waals surface area contributed by atoms with E-state index in [4.69, 9.17) is 4.74 Å². The van der Waals surface area contributed by atoms with Crippen LogP contribution in [0.2, 0.25) is 0 Å². The number of aromatic nitrogens is 6. The van der Waals surface area contributed by atoms with Gasteiger partial charge in [-0.2, -0.15) is 9.97 Å². The smallest absolute Gasteiger partial charge is 0.424 e. The van der Waals surface area contributed by atoms with Crippen molar-refractivity contribution in [2.75, 3.05) is 0 Å². The van der Waals surface area contributed by atoms with Gasteiger partial charge in [0.25, 0.3) is 0 Å². The fourth-order valence-electron chi connectivity index (χ4n) is 2.11. The molecule has 0 saturated carbocycles. The number of hydrogen-bond donors (Lipinski definition) is 0. The zero-order valence-electron chi connectivity index (χ0n) is 16.7. The highest BCUT2D eigenvalue weighted by Gasteiger charge is 2.31. The van der Waals surface area contributed by atoms with Crippen molar-refractivity contribution in [3.8, 4) is 17.5 Å². The first-order valence-electron chi connectivity index (χ1n) is 8.79. The third-order valence-electron chi connectivity index (χ3n) is 3.38. The molecule has 14 heteroatoms. The standard InChI is InChI=1S/C12H11BrF3N3O2.C5H7Br2N3/c1-7(2)19-11(17-10(13)18-19)20-8-3-5-9(6-4-8)21-12(14,15)16;1-3(2)10-5(7)8-4(6)9-10/h3-7H,1-2H3;3H,1-2H3. The van der Waals surface area contributed by atoms with E-state index in [9.17, 15) is 13.2 Å². The summed E-state index contributed by atoms with van der Waals surface area (Å²) >= 11 is 9.60. The summed E-state index contributed by atoms with van der Waals surface area (Å²) in [4.78, 5) is 8.06. The van der Waals surface area contributed by atoms with Crippen molar-refractivity contribution in [2.45, 2.75) is 46.1 Å². The number of benzene rings is 1. The molecule has 170 valence electrons. The number of alkyl halides is 3. The van der Waals surface area contributed by atoms with Crippen molar-refractivity contribution < 1.29 is 22.6 Å². The maximum absolute atomic E-state index is 12.1. The minimum absolute atomic E-state index is 0.0200. The van der Waals surface area contributed by atoms with E-state index in [1.165, 1.54) is 12.1 Å². The molecule has 0 aliphatic heterocycles. The molecule has 3 rings (SSSR count). The summed E-state index contributed by atoms with van der Waals surface area (Å²) in [6, 6.07) is 5.63. The maximum atomic E-state index is 12.1. The first kappa shape index (κ1) is 25.6. The lowest BCUT2D eigenvalue weighted by molar-refractivity contribution is -0.274. The highest BCUT2D eigenvalue weighted by molar-refractivity contribution is 9.11. The van der Waals surface area contributed by atoms with Crippen LogP contribution >= 0.6 is 47.8 Å². The van der Waals surface area contributed by atoms with Crippen LogP contribution in [0.25, 0.3) is 0 Å². The van der Waals surface area contributed by atoms with Crippen LogP contribution in [0, 0.1) is 0 Å². The molecular weight excluding hydrogens is 617 g/mol. The fourth-order valence-corrected chi connectivity index (χ4v) is 3.67. The van der Waals surface area contributed by atoms with E-state index in [0.717, 1.165) is 16.9 Å². The molecule has 2 heterocycles. The number of ether oxygens (including phenoxy) is 2. The Kier molecular flexibility index (Phi) is 8.89. The summed E-state index contributed by atoms with van der Waals surface area (Å²) in [6.07, 6.45) is -4.72. The average Bonchev–Trinajstić information content (AvgIpc) is 3.17. The van der Waals surface area contributed by atoms with Crippen LogP contribution in [0.1, 0.15) is 39.8 Å². The van der Waals surface area contributed by atoms with Crippen LogP contribution in [-0.2, 0) is 0 Å². The third-order valence-corrected chi connectivity index (χ3v) is 4.60. The van der Waals surface area contributed by atoms with Crippen LogP contribution in [0.15, 0.2) is 38.5 Å². The Balaban J connectivity index is 0.000000285. The minimum atomic E-state index is -4.72. The van der Waals surface area contributed by atoms with Gasteiger partial charge in [-0.1, -0.05) is 0 Å². The van der Waals surface area contributed by atoms with Crippen molar-refractivity contribution in [3.05, 3.63) is 38.5 Å². The molecule has 31 heavy (non-hydrogen) atoms. The molecule has 0 N–H and O–H groups in total. The SMILES string of the molecule is CC(C)n1nc(Br)nc1Br.CC(C)n1nc(Br)nc1Oc1ccc(OC(F)(F)F)cc1. The lowest BCUT2D eigenvalue weighted by Gasteiger charge is -2.11. The fraction of sp³-hybridized carbons (Fsp3) is 0.412. The Morgan fingerprint density at radius 3 is 1.71 bits per heavy atom. The van der Waals surface area contributed by atoms with E-state index >= 15 is 0 Å². The van der Waals surface area contributed by atoms with Crippen molar-refractivity contribution in [1.29, 1.82) is 0 Å². The Hall–Kier alpha value is -1.67. The van der Waals surface area contributed by atoms with Crippen molar-refractivity contribution >= 4 is 47.8 Å². The zero-order valence-corrected chi connectivity index (χ0v) is 21.5. The van der Waals surface area contributed by atoms with E-state index in [-0.39, 0.29) is 17.8 Å². The monoisotopic (exact) mass is 632 g/mol. The summed E-state index contributed by atoms with van der Waals surface area (Å²) in [6.45, 7) is 7.89. The van der Waals surface area contributed by atoms with Gasteiger partial charge < -0.3 is 9.47 Å². The molecule has 0 saturated heterocycles. The number of rotatable bonds is 5. The molecule has 8 nitrogen and oxygen atoms in total. The second kappa shape index (κ2) is 10.8. The molecule has 0 aliphatic rings. The predicted molar refractivity (Wildman–Crippen MR) is 117 cm³/mol. The van der Waals surface area contributed by atoms with Crippen LogP contribution in [0.3, 0.4) is 0 Å². The minimum Gasteiger partial charge on any atom is -0.424 e. The first-order chi connectivity index (χ1) is 14.4. The van der Waals surface area contributed by atoms with E-state index in [0.29, 0.717) is 21.3 Å². The molecule has 1 aromatic carbocycles. The van der Waals surface area contributed by atoms with Gasteiger partial charge in [0.1, 0.15) is 11.5 Å². The zero-order chi connectivity index (χ0) is 23.3. The summed E-state index contributed by atoms with van der Waals surface area (Å²) in [5.41, 5.74) is 0. The van der Waals surface area contributed by atoms with Crippen LogP contribution in [0.4, 0.5) is 13.2 Å². The Bertz CT molecular complexity index is 990. The molecule has 0 aliphatic carbocycles. The van der Waals surface area contributed by atoms with E-state index in [2.05, 4.69) is 72.7 Å². The molecule has 0 atom stereocenters. The van der Waals surface area contributed by atoms with E-state index in [1.807, 2.05) is 27.7 Å². The van der Waals surface area contributed by atoms with Crippen molar-refractivity contribution in [3.63, 3.8) is 0 Å². The van der Waals surface area contributed by atoms with Gasteiger partial charge in [0, 0.05) is 6.04 Å². The molecule has 0 fully saturated rings. The normalized spacial score (nSPS) is 11.5.